The lowest BCUT2D eigenvalue weighted by molar-refractivity contribution is 0.0383. The van der Waals surface area contributed by atoms with Gasteiger partial charge < -0.3 is 10.1 Å². The number of pyridine rings is 1. The second kappa shape index (κ2) is 9.64. The zero-order chi connectivity index (χ0) is 24.4. The number of carbonyl (C=O) groups excluding carboxylic acids is 2. The third-order valence-corrected chi connectivity index (χ3v) is 6.55. The molecule has 0 aliphatic carbocycles. The Hall–Kier alpha value is -3.73. The first-order valence-electron chi connectivity index (χ1n) is 10.5. The highest BCUT2D eigenvalue weighted by atomic mass is 35.5. The number of rotatable bonds is 5. The van der Waals surface area contributed by atoms with Crippen molar-refractivity contribution in [3.8, 4) is 17.3 Å². The van der Waals surface area contributed by atoms with Crippen LogP contribution in [0.2, 0.25) is 5.02 Å². The van der Waals surface area contributed by atoms with E-state index < -0.39 is 11.9 Å². The van der Waals surface area contributed by atoms with E-state index in [0.29, 0.717) is 42.6 Å². The number of halogens is 1. The first-order chi connectivity index (χ1) is 16.3. The van der Waals surface area contributed by atoms with Gasteiger partial charge in [-0.3, -0.25) is 4.79 Å². The van der Waals surface area contributed by atoms with Gasteiger partial charge in [0.25, 0.3) is 5.91 Å². The van der Waals surface area contributed by atoms with Crippen molar-refractivity contribution in [3.05, 3.63) is 81.2 Å². The van der Waals surface area contributed by atoms with Crippen molar-refractivity contribution < 1.29 is 14.3 Å². The summed E-state index contributed by atoms with van der Waals surface area (Å²) in [4.78, 5) is 30.9. The second-order valence-electron chi connectivity index (χ2n) is 7.86. The molecule has 0 saturated heterocycles. The molecule has 4 rings (SSSR count). The van der Waals surface area contributed by atoms with E-state index in [2.05, 4.69) is 11.4 Å². The predicted molar refractivity (Wildman–Crippen MR) is 134 cm³/mol. The van der Waals surface area contributed by atoms with E-state index in [1.807, 2.05) is 36.4 Å². The Balaban J connectivity index is 1.76. The number of ether oxygens (including phenoxy) is 1. The van der Waals surface area contributed by atoms with Crippen LogP contribution in [0.3, 0.4) is 0 Å². The average Bonchev–Trinajstić information content (AvgIpc) is 3.13. The molecule has 0 fully saturated rings. The van der Waals surface area contributed by atoms with Crippen LogP contribution in [0, 0.1) is 18.3 Å². The molecule has 0 aliphatic heterocycles. The van der Waals surface area contributed by atoms with Gasteiger partial charge in [-0.05, 0) is 50.6 Å². The summed E-state index contributed by atoms with van der Waals surface area (Å²) in [5.41, 5.74) is 3.21. The van der Waals surface area contributed by atoms with Crippen LogP contribution in [-0.2, 0) is 4.74 Å². The number of para-hydroxylation sites is 1. The molecule has 8 heteroatoms. The van der Waals surface area contributed by atoms with E-state index in [1.54, 1.807) is 39.0 Å². The van der Waals surface area contributed by atoms with Crippen LogP contribution in [0.4, 0.5) is 5.00 Å². The zero-order valence-corrected chi connectivity index (χ0v) is 20.3. The molecule has 0 atom stereocenters. The highest BCUT2D eigenvalue weighted by Crippen LogP contribution is 2.34. The van der Waals surface area contributed by atoms with Crippen molar-refractivity contribution in [1.82, 2.24) is 4.98 Å². The number of nitrogens with one attached hydrogen (secondary N) is 1. The fraction of sp³-hybridized carbons (Fsp3) is 0.154. The maximum absolute atomic E-state index is 13.4. The molecular weight excluding hydrogens is 470 g/mol. The van der Waals surface area contributed by atoms with Crippen LogP contribution < -0.4 is 5.32 Å². The standard InChI is InChI=1S/C26H20ClN3O3S/c1-14(2)33-26(32)23-15(3)20(13-28)25(34-23)30-24(31)19-12-22(16-8-10-17(27)11-9-16)29-21-7-5-4-6-18(19)21/h4-12,14H,1-3H3,(H,30,31). The monoisotopic (exact) mass is 489 g/mol. The Morgan fingerprint density at radius 3 is 2.53 bits per heavy atom. The molecule has 2 heterocycles. The number of amides is 1. The van der Waals surface area contributed by atoms with Crippen LogP contribution in [-0.4, -0.2) is 23.0 Å². The fourth-order valence-electron chi connectivity index (χ4n) is 3.50. The lowest BCUT2D eigenvalue weighted by Crippen LogP contribution is -2.13. The largest absolute Gasteiger partial charge is 0.459 e. The highest BCUT2D eigenvalue weighted by Gasteiger charge is 2.24. The third-order valence-electron chi connectivity index (χ3n) is 5.11. The number of carbonyl (C=O) groups is 2. The van der Waals surface area contributed by atoms with E-state index >= 15 is 0 Å². The number of fused-ring (bicyclic) bond motifs is 1. The topological polar surface area (TPSA) is 92.1 Å². The van der Waals surface area contributed by atoms with Gasteiger partial charge in [0.15, 0.2) is 0 Å². The van der Waals surface area contributed by atoms with Gasteiger partial charge in [-0.2, -0.15) is 5.26 Å². The number of nitriles is 1. The summed E-state index contributed by atoms with van der Waals surface area (Å²) in [6.07, 6.45) is -0.299. The lowest BCUT2D eigenvalue weighted by atomic mass is 10.0. The van der Waals surface area contributed by atoms with Crippen LogP contribution in [0.25, 0.3) is 22.2 Å². The van der Waals surface area contributed by atoms with E-state index in [4.69, 9.17) is 21.3 Å². The van der Waals surface area contributed by atoms with Crippen molar-refractivity contribution in [2.45, 2.75) is 26.9 Å². The molecule has 0 radical (unpaired) electrons. The van der Waals surface area contributed by atoms with Crippen molar-refractivity contribution in [3.63, 3.8) is 0 Å². The average molecular weight is 490 g/mol. The predicted octanol–water partition coefficient (Wildman–Crippen LogP) is 6.61. The van der Waals surface area contributed by atoms with Crippen LogP contribution in [0.1, 0.15) is 45.0 Å². The first kappa shape index (κ1) is 23.4. The van der Waals surface area contributed by atoms with Crippen LogP contribution >= 0.6 is 22.9 Å². The molecule has 34 heavy (non-hydrogen) atoms. The number of thiophene rings is 1. The van der Waals surface area contributed by atoms with E-state index in [-0.39, 0.29) is 11.7 Å². The lowest BCUT2D eigenvalue weighted by Gasteiger charge is -2.10. The smallest absolute Gasteiger partial charge is 0.348 e. The third kappa shape index (κ3) is 4.65. The van der Waals surface area contributed by atoms with Gasteiger partial charge in [0.2, 0.25) is 0 Å². The highest BCUT2D eigenvalue weighted by molar-refractivity contribution is 7.18. The summed E-state index contributed by atoms with van der Waals surface area (Å²) in [5.74, 6) is -0.927. The van der Waals surface area contributed by atoms with Crippen LogP contribution in [0.15, 0.2) is 54.6 Å². The van der Waals surface area contributed by atoms with Gasteiger partial charge in [0.05, 0.1) is 28.4 Å². The summed E-state index contributed by atoms with van der Waals surface area (Å²) < 4.78 is 5.28. The van der Waals surface area contributed by atoms with Crippen molar-refractivity contribution >= 4 is 50.7 Å². The molecule has 1 amide bonds. The maximum Gasteiger partial charge on any atom is 0.348 e. The van der Waals surface area contributed by atoms with Crippen molar-refractivity contribution in [1.29, 1.82) is 5.26 Å². The molecule has 2 aromatic heterocycles. The van der Waals surface area contributed by atoms with Crippen molar-refractivity contribution in [2.75, 3.05) is 5.32 Å². The van der Waals surface area contributed by atoms with E-state index in [0.717, 1.165) is 16.9 Å². The minimum atomic E-state index is -0.520. The number of anilines is 1. The molecule has 1 N–H and O–H groups in total. The maximum atomic E-state index is 13.4. The Labute approximate surface area is 205 Å². The van der Waals surface area contributed by atoms with E-state index in [1.165, 1.54) is 0 Å². The number of nitrogens with zero attached hydrogens (tertiary/aromatic N) is 2. The summed E-state index contributed by atoms with van der Waals surface area (Å²) >= 11 is 7.05. The van der Waals surface area contributed by atoms with Gasteiger partial charge in [-0.25, -0.2) is 9.78 Å². The number of benzene rings is 2. The molecule has 0 unspecified atom stereocenters. The zero-order valence-electron chi connectivity index (χ0n) is 18.7. The Kier molecular flexibility index (Phi) is 6.64. The van der Waals surface area contributed by atoms with Gasteiger partial charge in [-0.1, -0.05) is 41.9 Å². The molecule has 4 aromatic rings. The number of aromatic nitrogens is 1. The summed E-state index contributed by atoms with van der Waals surface area (Å²) in [5, 5.41) is 14.1. The molecule has 0 spiro atoms. The van der Waals surface area contributed by atoms with Gasteiger partial charge in [0, 0.05) is 16.0 Å². The SMILES string of the molecule is Cc1c(C(=O)OC(C)C)sc(NC(=O)c2cc(-c3ccc(Cl)cc3)nc3ccccc23)c1C#N. The van der Waals surface area contributed by atoms with Crippen molar-refractivity contribution in [2.24, 2.45) is 0 Å². The quantitative estimate of drug-likeness (QED) is 0.318. The first-order valence-corrected chi connectivity index (χ1v) is 11.7. The molecule has 0 aliphatic rings. The van der Waals surface area contributed by atoms with Gasteiger partial charge in [0.1, 0.15) is 15.9 Å². The Bertz CT molecular complexity index is 1450. The molecule has 2 aromatic carbocycles. The summed E-state index contributed by atoms with van der Waals surface area (Å²) in [7, 11) is 0. The number of hydrogen-bond acceptors (Lipinski definition) is 6. The summed E-state index contributed by atoms with van der Waals surface area (Å²) in [6.45, 7) is 5.17. The summed E-state index contributed by atoms with van der Waals surface area (Å²) in [6, 6.07) is 18.3. The number of esters is 1. The normalized spacial score (nSPS) is 10.8. The van der Waals surface area contributed by atoms with Gasteiger partial charge in [-0.15, -0.1) is 11.3 Å². The molecule has 6 nitrogen and oxygen atoms in total. The Morgan fingerprint density at radius 1 is 1.15 bits per heavy atom. The minimum Gasteiger partial charge on any atom is -0.459 e. The molecule has 0 bridgehead atoms. The minimum absolute atomic E-state index is 0.241. The van der Waals surface area contributed by atoms with Crippen LogP contribution in [0.5, 0.6) is 0 Å². The van der Waals surface area contributed by atoms with E-state index in [9.17, 15) is 14.9 Å². The fourth-order valence-corrected chi connectivity index (χ4v) is 4.66. The Morgan fingerprint density at radius 2 is 1.85 bits per heavy atom. The number of hydrogen-bond donors (Lipinski definition) is 1. The van der Waals surface area contributed by atoms with Gasteiger partial charge >= 0.3 is 5.97 Å². The molecular formula is C26H20ClN3O3S. The molecule has 170 valence electrons. The molecule has 0 saturated carbocycles. The second-order valence-corrected chi connectivity index (χ2v) is 9.32.